The highest BCUT2D eigenvalue weighted by atomic mass is 16.5. The minimum atomic E-state index is -0.476. The summed E-state index contributed by atoms with van der Waals surface area (Å²) in [6.07, 6.45) is -0.707. The number of rotatable bonds is 4. The Morgan fingerprint density at radius 2 is 1.82 bits per heavy atom. The molecular formula is C17H18N2O3. The van der Waals surface area contributed by atoms with E-state index in [1.807, 2.05) is 54.6 Å². The van der Waals surface area contributed by atoms with Crippen LogP contribution in [0.25, 0.3) is 0 Å². The van der Waals surface area contributed by atoms with E-state index in [1.54, 1.807) is 0 Å². The van der Waals surface area contributed by atoms with E-state index in [2.05, 4.69) is 10.2 Å². The molecule has 0 atom stereocenters. The second kappa shape index (κ2) is 6.49. The van der Waals surface area contributed by atoms with Crippen LogP contribution >= 0.6 is 0 Å². The van der Waals surface area contributed by atoms with E-state index in [1.165, 1.54) is 0 Å². The number of carbonyl (C=O) groups excluding carboxylic acids is 1. The van der Waals surface area contributed by atoms with E-state index in [0.717, 1.165) is 11.3 Å². The third-order valence-electron chi connectivity index (χ3n) is 3.55. The average Bonchev–Trinajstić information content (AvgIpc) is 2.52. The van der Waals surface area contributed by atoms with Crippen LogP contribution in [0.2, 0.25) is 0 Å². The van der Waals surface area contributed by atoms with Crippen molar-refractivity contribution in [2.75, 3.05) is 23.3 Å². The highest BCUT2D eigenvalue weighted by molar-refractivity contribution is 5.84. The number of carbonyl (C=O) groups is 1. The average molecular weight is 298 g/mol. The van der Waals surface area contributed by atoms with Gasteiger partial charge in [0.25, 0.3) is 0 Å². The van der Waals surface area contributed by atoms with Crippen molar-refractivity contribution < 1.29 is 14.6 Å². The first-order chi connectivity index (χ1) is 10.7. The molecule has 2 N–H and O–H groups in total. The van der Waals surface area contributed by atoms with Crippen LogP contribution in [0.3, 0.4) is 0 Å². The van der Waals surface area contributed by atoms with Crippen LogP contribution in [0.15, 0.2) is 54.6 Å². The molecule has 0 aliphatic carbocycles. The zero-order chi connectivity index (χ0) is 15.4. The van der Waals surface area contributed by atoms with E-state index in [-0.39, 0.29) is 12.7 Å². The molecule has 1 saturated heterocycles. The third-order valence-corrected chi connectivity index (χ3v) is 3.55. The second-order valence-corrected chi connectivity index (χ2v) is 5.29. The Kier molecular flexibility index (Phi) is 4.25. The summed E-state index contributed by atoms with van der Waals surface area (Å²) >= 11 is 0. The van der Waals surface area contributed by atoms with Crippen LogP contribution in [-0.4, -0.2) is 30.4 Å². The molecule has 114 valence electrons. The van der Waals surface area contributed by atoms with Gasteiger partial charge in [-0.2, -0.15) is 0 Å². The lowest BCUT2D eigenvalue weighted by atomic mass is 10.1. The predicted octanol–water partition coefficient (Wildman–Crippen LogP) is 2.62. The van der Waals surface area contributed by atoms with Crippen LogP contribution < -0.4 is 10.2 Å². The van der Waals surface area contributed by atoms with Gasteiger partial charge in [0.15, 0.2) is 0 Å². The number of aliphatic hydroxyl groups is 1. The van der Waals surface area contributed by atoms with E-state index in [9.17, 15) is 9.90 Å². The quantitative estimate of drug-likeness (QED) is 0.911. The number of nitrogens with one attached hydrogen (secondary N) is 1. The summed E-state index contributed by atoms with van der Waals surface area (Å²) in [5, 5.41) is 12.0. The molecule has 1 heterocycles. The van der Waals surface area contributed by atoms with E-state index >= 15 is 0 Å². The van der Waals surface area contributed by atoms with Gasteiger partial charge in [-0.25, -0.2) is 4.79 Å². The van der Waals surface area contributed by atoms with Crippen molar-refractivity contribution in [2.45, 2.75) is 12.7 Å². The Hall–Kier alpha value is -2.53. The minimum Gasteiger partial charge on any atom is -0.444 e. The van der Waals surface area contributed by atoms with Gasteiger partial charge in [0.2, 0.25) is 0 Å². The first-order valence-electron chi connectivity index (χ1n) is 7.21. The predicted molar refractivity (Wildman–Crippen MR) is 84.9 cm³/mol. The molecule has 0 radical (unpaired) electrons. The van der Waals surface area contributed by atoms with Crippen molar-refractivity contribution in [2.24, 2.45) is 0 Å². The summed E-state index contributed by atoms with van der Waals surface area (Å²) in [5.41, 5.74) is 2.67. The lowest BCUT2D eigenvalue weighted by Crippen LogP contribution is -2.50. The summed E-state index contributed by atoms with van der Waals surface area (Å²) in [7, 11) is 0. The largest absolute Gasteiger partial charge is 0.444 e. The summed E-state index contributed by atoms with van der Waals surface area (Å²) in [6.45, 7) is 1.56. The van der Waals surface area contributed by atoms with Gasteiger partial charge in [-0.15, -0.1) is 0 Å². The van der Waals surface area contributed by atoms with Gasteiger partial charge in [0, 0.05) is 24.5 Å². The lowest BCUT2D eigenvalue weighted by molar-refractivity contribution is 0.142. The molecule has 5 nitrogen and oxygen atoms in total. The van der Waals surface area contributed by atoms with Gasteiger partial charge in [0.05, 0.1) is 6.10 Å². The molecule has 2 aromatic carbocycles. The van der Waals surface area contributed by atoms with Crippen molar-refractivity contribution in [3.05, 3.63) is 60.2 Å². The van der Waals surface area contributed by atoms with Gasteiger partial charge in [-0.3, -0.25) is 5.32 Å². The Balaban J connectivity index is 1.49. The first kappa shape index (κ1) is 14.4. The monoisotopic (exact) mass is 298 g/mol. The standard InChI is InChI=1S/C17H18N2O3/c20-16-10-19(11-16)15-8-6-14(7-9-15)18-17(21)22-12-13-4-2-1-3-5-13/h1-9,16,20H,10-12H2,(H,18,21). The zero-order valence-corrected chi connectivity index (χ0v) is 12.1. The normalized spacial score (nSPS) is 14.3. The Morgan fingerprint density at radius 3 is 2.45 bits per heavy atom. The second-order valence-electron chi connectivity index (χ2n) is 5.29. The molecule has 1 fully saturated rings. The van der Waals surface area contributed by atoms with Crippen LogP contribution in [0, 0.1) is 0 Å². The molecule has 22 heavy (non-hydrogen) atoms. The molecule has 0 aromatic heterocycles. The van der Waals surface area contributed by atoms with Crippen molar-refractivity contribution >= 4 is 17.5 Å². The summed E-state index contributed by atoms with van der Waals surface area (Å²) in [4.78, 5) is 13.8. The summed E-state index contributed by atoms with van der Waals surface area (Å²) < 4.78 is 5.16. The fraction of sp³-hybridized carbons (Fsp3) is 0.235. The van der Waals surface area contributed by atoms with Crippen molar-refractivity contribution in [3.63, 3.8) is 0 Å². The molecule has 1 aliphatic rings. The van der Waals surface area contributed by atoms with Crippen LogP contribution in [0.1, 0.15) is 5.56 Å². The number of aliphatic hydroxyl groups excluding tert-OH is 1. The summed E-state index contributed by atoms with van der Waals surface area (Å²) in [5.74, 6) is 0. The molecule has 5 heteroatoms. The lowest BCUT2D eigenvalue weighted by Gasteiger charge is -2.37. The molecule has 1 aliphatic heterocycles. The van der Waals surface area contributed by atoms with Gasteiger partial charge < -0.3 is 14.7 Å². The van der Waals surface area contributed by atoms with Crippen LogP contribution in [0.4, 0.5) is 16.2 Å². The number of nitrogens with zero attached hydrogens (tertiary/aromatic N) is 1. The van der Waals surface area contributed by atoms with E-state index in [4.69, 9.17) is 4.74 Å². The Bertz CT molecular complexity index is 622. The molecule has 0 bridgehead atoms. The fourth-order valence-electron chi connectivity index (χ4n) is 2.30. The van der Waals surface area contributed by atoms with Crippen molar-refractivity contribution in [3.8, 4) is 0 Å². The van der Waals surface area contributed by atoms with E-state index < -0.39 is 6.09 Å². The molecule has 3 rings (SSSR count). The minimum absolute atomic E-state index is 0.231. The molecule has 0 spiro atoms. The summed E-state index contributed by atoms with van der Waals surface area (Å²) in [6, 6.07) is 17.0. The molecular weight excluding hydrogens is 280 g/mol. The van der Waals surface area contributed by atoms with Gasteiger partial charge in [-0.1, -0.05) is 30.3 Å². The maximum Gasteiger partial charge on any atom is 0.411 e. The van der Waals surface area contributed by atoms with E-state index in [0.29, 0.717) is 18.8 Å². The number of β-amino-alcohol motifs (C(OH)–C–C–N with tert-alkyl or cyclic N) is 1. The number of anilines is 2. The van der Waals surface area contributed by atoms with Gasteiger partial charge >= 0.3 is 6.09 Å². The maximum atomic E-state index is 11.7. The fourth-order valence-corrected chi connectivity index (χ4v) is 2.30. The molecule has 0 unspecified atom stereocenters. The topological polar surface area (TPSA) is 61.8 Å². The number of amides is 1. The highest BCUT2D eigenvalue weighted by Crippen LogP contribution is 2.22. The van der Waals surface area contributed by atoms with Gasteiger partial charge in [0.1, 0.15) is 6.61 Å². The van der Waals surface area contributed by atoms with Crippen LogP contribution in [-0.2, 0) is 11.3 Å². The van der Waals surface area contributed by atoms with Gasteiger partial charge in [-0.05, 0) is 29.8 Å². The van der Waals surface area contributed by atoms with Crippen molar-refractivity contribution in [1.82, 2.24) is 0 Å². The van der Waals surface area contributed by atoms with Crippen LogP contribution in [0.5, 0.6) is 0 Å². The molecule has 1 amide bonds. The maximum absolute atomic E-state index is 11.7. The number of hydrogen-bond acceptors (Lipinski definition) is 4. The zero-order valence-electron chi connectivity index (χ0n) is 12.1. The first-order valence-corrected chi connectivity index (χ1v) is 7.21. The molecule has 2 aromatic rings. The number of ether oxygens (including phenoxy) is 1. The van der Waals surface area contributed by atoms with Crippen molar-refractivity contribution in [1.29, 1.82) is 0 Å². The molecule has 0 saturated carbocycles. The number of hydrogen-bond donors (Lipinski definition) is 2. The smallest absolute Gasteiger partial charge is 0.411 e. The number of benzene rings is 2. The third kappa shape index (κ3) is 3.56. The Labute approximate surface area is 129 Å². The Morgan fingerprint density at radius 1 is 1.14 bits per heavy atom. The highest BCUT2D eigenvalue weighted by Gasteiger charge is 2.24. The SMILES string of the molecule is O=C(Nc1ccc(N2CC(O)C2)cc1)OCc1ccccc1.